The van der Waals surface area contributed by atoms with E-state index in [1.165, 1.54) is 0 Å². The molecule has 7 heteroatoms. The second-order valence-electron chi connectivity index (χ2n) is 7.80. The van der Waals surface area contributed by atoms with Gasteiger partial charge in [0.1, 0.15) is 5.70 Å². The van der Waals surface area contributed by atoms with Gasteiger partial charge in [-0.2, -0.15) is 0 Å². The number of benzene rings is 3. The van der Waals surface area contributed by atoms with Crippen molar-refractivity contribution in [1.82, 2.24) is 0 Å². The molecule has 7 nitrogen and oxygen atoms in total. The Morgan fingerprint density at radius 1 is 0.800 bits per heavy atom. The standard InChI is InChI=1S/C28H26N2O5/c1-3-34-27(32)20-10-14-22(15-11-20)29-24-18-25(19-8-6-5-7-9-19)30(26(24)31)23-16-12-21(13-17-23)28(33)35-4-2/h5-18,25,29H,3-4H2,1-2H3. The fourth-order valence-corrected chi connectivity index (χ4v) is 3.86. The monoisotopic (exact) mass is 470 g/mol. The maximum atomic E-state index is 13.5. The third-order valence-corrected chi connectivity index (χ3v) is 5.52. The van der Waals surface area contributed by atoms with Crippen molar-refractivity contribution in [1.29, 1.82) is 0 Å². The number of anilines is 2. The lowest BCUT2D eigenvalue weighted by Crippen LogP contribution is -2.30. The first kappa shape index (κ1) is 23.8. The fraction of sp³-hybridized carbons (Fsp3) is 0.179. The molecule has 1 N–H and O–H groups in total. The van der Waals surface area contributed by atoms with Crippen molar-refractivity contribution >= 4 is 29.2 Å². The molecule has 1 aliphatic heterocycles. The molecular weight excluding hydrogens is 444 g/mol. The molecule has 0 spiro atoms. The lowest BCUT2D eigenvalue weighted by Gasteiger charge is -2.25. The molecule has 0 bridgehead atoms. The average molecular weight is 471 g/mol. The number of nitrogens with one attached hydrogen (secondary N) is 1. The summed E-state index contributed by atoms with van der Waals surface area (Å²) in [5.41, 5.74) is 3.55. The summed E-state index contributed by atoms with van der Waals surface area (Å²) < 4.78 is 10.1. The number of amides is 1. The second kappa shape index (κ2) is 10.7. The molecule has 0 aromatic heterocycles. The number of esters is 2. The maximum absolute atomic E-state index is 13.5. The fourth-order valence-electron chi connectivity index (χ4n) is 3.86. The van der Waals surface area contributed by atoms with Gasteiger partial charge >= 0.3 is 11.9 Å². The summed E-state index contributed by atoms with van der Waals surface area (Å²) in [7, 11) is 0. The third kappa shape index (κ3) is 5.24. The average Bonchev–Trinajstić information content (AvgIpc) is 3.21. The Labute approximate surface area is 204 Å². The molecule has 0 saturated carbocycles. The smallest absolute Gasteiger partial charge is 0.338 e. The summed E-state index contributed by atoms with van der Waals surface area (Å²) in [6.45, 7) is 4.11. The van der Waals surface area contributed by atoms with Crippen LogP contribution in [-0.4, -0.2) is 31.1 Å². The van der Waals surface area contributed by atoms with E-state index >= 15 is 0 Å². The van der Waals surface area contributed by atoms with Gasteiger partial charge in [-0.05, 0) is 74.0 Å². The van der Waals surface area contributed by atoms with Gasteiger partial charge in [0, 0.05) is 11.4 Å². The van der Waals surface area contributed by atoms with Crippen LogP contribution in [0.25, 0.3) is 0 Å². The quantitative estimate of drug-likeness (QED) is 0.460. The number of nitrogens with zero attached hydrogens (tertiary/aromatic N) is 1. The number of hydrogen-bond donors (Lipinski definition) is 1. The molecule has 1 unspecified atom stereocenters. The van der Waals surface area contributed by atoms with Gasteiger partial charge in [0.15, 0.2) is 0 Å². The molecule has 1 amide bonds. The minimum Gasteiger partial charge on any atom is -0.462 e. The third-order valence-electron chi connectivity index (χ3n) is 5.52. The molecule has 0 aliphatic carbocycles. The predicted octanol–water partition coefficient (Wildman–Crippen LogP) is 5.12. The number of ether oxygens (including phenoxy) is 2. The van der Waals surface area contributed by atoms with E-state index in [9.17, 15) is 14.4 Å². The highest BCUT2D eigenvalue weighted by atomic mass is 16.5. The van der Waals surface area contributed by atoms with Gasteiger partial charge in [0.25, 0.3) is 5.91 Å². The molecule has 1 aliphatic rings. The number of hydrogen-bond acceptors (Lipinski definition) is 6. The largest absolute Gasteiger partial charge is 0.462 e. The van der Waals surface area contributed by atoms with E-state index in [1.54, 1.807) is 67.3 Å². The lowest BCUT2D eigenvalue weighted by atomic mass is 10.1. The molecule has 1 heterocycles. The lowest BCUT2D eigenvalue weighted by molar-refractivity contribution is -0.114. The van der Waals surface area contributed by atoms with Crippen molar-refractivity contribution in [3.05, 3.63) is 107 Å². The summed E-state index contributed by atoms with van der Waals surface area (Å²) >= 11 is 0. The van der Waals surface area contributed by atoms with E-state index in [2.05, 4.69) is 5.32 Å². The molecule has 0 saturated heterocycles. The van der Waals surface area contributed by atoms with Crippen LogP contribution in [0.15, 0.2) is 90.6 Å². The Morgan fingerprint density at radius 2 is 1.34 bits per heavy atom. The van der Waals surface area contributed by atoms with Crippen LogP contribution in [0.2, 0.25) is 0 Å². The Hall–Kier alpha value is -4.39. The van der Waals surface area contributed by atoms with Gasteiger partial charge in [-0.25, -0.2) is 9.59 Å². The molecule has 4 rings (SSSR count). The molecule has 0 fully saturated rings. The summed E-state index contributed by atoms with van der Waals surface area (Å²) in [5.74, 6) is -1.01. The van der Waals surface area contributed by atoms with E-state index in [0.29, 0.717) is 41.4 Å². The molecule has 3 aromatic carbocycles. The number of carbonyl (C=O) groups is 3. The van der Waals surface area contributed by atoms with Crippen LogP contribution < -0.4 is 10.2 Å². The van der Waals surface area contributed by atoms with Gasteiger partial charge in [0.05, 0.1) is 30.4 Å². The molecule has 35 heavy (non-hydrogen) atoms. The van der Waals surface area contributed by atoms with Crippen LogP contribution in [0.3, 0.4) is 0 Å². The van der Waals surface area contributed by atoms with Gasteiger partial charge in [0.2, 0.25) is 0 Å². The van der Waals surface area contributed by atoms with Crippen LogP contribution in [0.4, 0.5) is 11.4 Å². The van der Waals surface area contributed by atoms with Crippen LogP contribution in [0.1, 0.15) is 46.2 Å². The van der Waals surface area contributed by atoms with E-state index in [-0.39, 0.29) is 11.9 Å². The van der Waals surface area contributed by atoms with Crippen molar-refractivity contribution in [2.75, 3.05) is 23.4 Å². The molecule has 178 valence electrons. The molecule has 1 atom stereocenters. The van der Waals surface area contributed by atoms with Gasteiger partial charge in [-0.3, -0.25) is 9.69 Å². The minimum atomic E-state index is -0.404. The van der Waals surface area contributed by atoms with Crippen molar-refractivity contribution in [2.45, 2.75) is 19.9 Å². The Balaban J connectivity index is 1.60. The van der Waals surface area contributed by atoms with Crippen molar-refractivity contribution in [2.24, 2.45) is 0 Å². The van der Waals surface area contributed by atoms with E-state index in [0.717, 1.165) is 5.56 Å². The summed E-state index contributed by atoms with van der Waals surface area (Å²) in [5, 5.41) is 3.18. The van der Waals surface area contributed by atoms with Crippen LogP contribution in [0, 0.1) is 0 Å². The topological polar surface area (TPSA) is 84.9 Å². The van der Waals surface area contributed by atoms with E-state index < -0.39 is 11.9 Å². The second-order valence-corrected chi connectivity index (χ2v) is 7.80. The number of rotatable bonds is 8. The van der Waals surface area contributed by atoms with E-state index in [1.807, 2.05) is 36.4 Å². The maximum Gasteiger partial charge on any atom is 0.338 e. The normalized spacial score (nSPS) is 14.9. The zero-order chi connectivity index (χ0) is 24.8. The van der Waals surface area contributed by atoms with Crippen LogP contribution in [-0.2, 0) is 14.3 Å². The van der Waals surface area contributed by atoms with Gasteiger partial charge in [-0.1, -0.05) is 30.3 Å². The highest BCUT2D eigenvalue weighted by Gasteiger charge is 2.34. The zero-order valence-electron chi connectivity index (χ0n) is 19.6. The van der Waals surface area contributed by atoms with Crippen molar-refractivity contribution in [3.8, 4) is 0 Å². The first-order valence-electron chi connectivity index (χ1n) is 11.4. The highest BCUT2D eigenvalue weighted by Crippen LogP contribution is 2.36. The Morgan fingerprint density at radius 3 is 1.89 bits per heavy atom. The van der Waals surface area contributed by atoms with Gasteiger partial charge < -0.3 is 14.8 Å². The first-order valence-corrected chi connectivity index (χ1v) is 11.4. The summed E-state index contributed by atoms with van der Waals surface area (Å²) in [4.78, 5) is 39.1. The minimum absolute atomic E-state index is 0.211. The summed E-state index contributed by atoms with van der Waals surface area (Å²) in [6.07, 6.45) is 1.87. The molecular formula is C28H26N2O5. The van der Waals surface area contributed by atoms with Crippen LogP contribution in [0.5, 0.6) is 0 Å². The Kier molecular flexibility index (Phi) is 7.26. The number of carbonyl (C=O) groups excluding carboxylic acids is 3. The molecule has 0 radical (unpaired) electrons. The highest BCUT2D eigenvalue weighted by molar-refractivity contribution is 6.11. The molecule has 3 aromatic rings. The predicted molar refractivity (Wildman–Crippen MR) is 133 cm³/mol. The SMILES string of the molecule is CCOC(=O)c1ccc(NC2=CC(c3ccccc3)N(c3ccc(C(=O)OCC)cc3)C2=O)cc1. The van der Waals surface area contributed by atoms with E-state index in [4.69, 9.17) is 9.47 Å². The summed E-state index contributed by atoms with van der Waals surface area (Å²) in [6, 6.07) is 22.9. The zero-order valence-corrected chi connectivity index (χ0v) is 19.6. The van der Waals surface area contributed by atoms with Crippen molar-refractivity contribution < 1.29 is 23.9 Å². The van der Waals surface area contributed by atoms with Crippen LogP contribution >= 0.6 is 0 Å². The first-order chi connectivity index (χ1) is 17.0. The van der Waals surface area contributed by atoms with Crippen molar-refractivity contribution in [3.63, 3.8) is 0 Å². The van der Waals surface area contributed by atoms with Gasteiger partial charge in [-0.15, -0.1) is 0 Å². The Bertz CT molecular complexity index is 1230.